The minimum absolute atomic E-state index is 0.0714. The Bertz CT molecular complexity index is 1170. The molecule has 1 aliphatic rings. The van der Waals surface area contributed by atoms with Gasteiger partial charge in [0.15, 0.2) is 5.75 Å². The number of rotatable bonds is 3. The number of ether oxygens (including phenoxy) is 1. The lowest BCUT2D eigenvalue weighted by molar-refractivity contribution is -0.274. The minimum Gasteiger partial charge on any atom is -0.403 e. The van der Waals surface area contributed by atoms with E-state index in [-0.39, 0.29) is 22.6 Å². The molecule has 0 bridgehead atoms. The monoisotopic (exact) mass is 475 g/mol. The summed E-state index contributed by atoms with van der Waals surface area (Å²) in [6.45, 7) is -0.850. The Hall–Kier alpha value is -3.21. The SMILES string of the molecule is O=C(N1Cc2nn(-c3ccccc3OC(F)(F)F)c(-c3ccc(Cl)cc3)c2C1)C(F)(F)F. The molecule has 0 aliphatic carbocycles. The molecule has 1 aliphatic heterocycles. The first kappa shape index (κ1) is 22.0. The third-order valence-corrected chi connectivity index (χ3v) is 4.97. The number of hydrogen-bond acceptors (Lipinski definition) is 3. The van der Waals surface area contributed by atoms with Crippen molar-refractivity contribution in [3.63, 3.8) is 0 Å². The van der Waals surface area contributed by atoms with Crippen LogP contribution >= 0.6 is 11.6 Å². The minimum atomic E-state index is -5.06. The van der Waals surface area contributed by atoms with Crippen molar-refractivity contribution in [1.82, 2.24) is 14.7 Å². The predicted molar refractivity (Wildman–Crippen MR) is 101 cm³/mol. The molecule has 2 aromatic carbocycles. The van der Waals surface area contributed by atoms with E-state index in [1.54, 1.807) is 12.1 Å². The summed E-state index contributed by atoms with van der Waals surface area (Å²) in [6, 6.07) is 11.4. The first-order valence-electron chi connectivity index (χ1n) is 9.02. The molecule has 0 spiro atoms. The number of hydrogen-bond donors (Lipinski definition) is 0. The van der Waals surface area contributed by atoms with E-state index in [1.807, 2.05) is 0 Å². The fraction of sp³-hybridized carbons (Fsp3) is 0.200. The average Bonchev–Trinajstić information content (AvgIpc) is 3.24. The normalized spacial score (nSPS) is 13.9. The highest BCUT2D eigenvalue weighted by molar-refractivity contribution is 6.30. The maximum Gasteiger partial charge on any atom is 0.573 e. The van der Waals surface area contributed by atoms with Crippen molar-refractivity contribution in [2.45, 2.75) is 25.6 Å². The van der Waals surface area contributed by atoms with Crippen LogP contribution in [0.1, 0.15) is 11.3 Å². The van der Waals surface area contributed by atoms with Gasteiger partial charge in [0.05, 0.1) is 24.5 Å². The van der Waals surface area contributed by atoms with Crippen molar-refractivity contribution >= 4 is 17.5 Å². The molecule has 0 N–H and O–H groups in total. The number of benzene rings is 2. The zero-order valence-electron chi connectivity index (χ0n) is 15.8. The van der Waals surface area contributed by atoms with E-state index in [1.165, 1.54) is 35.0 Å². The van der Waals surface area contributed by atoms with Crippen molar-refractivity contribution in [2.75, 3.05) is 0 Å². The van der Waals surface area contributed by atoms with Crippen LogP contribution in [0.15, 0.2) is 48.5 Å². The average molecular weight is 476 g/mol. The highest BCUT2D eigenvalue weighted by Gasteiger charge is 2.45. The number of alkyl halides is 6. The molecular weight excluding hydrogens is 464 g/mol. The maximum atomic E-state index is 12.9. The van der Waals surface area contributed by atoms with E-state index < -0.39 is 37.3 Å². The van der Waals surface area contributed by atoms with Crippen LogP contribution in [0.4, 0.5) is 26.3 Å². The molecule has 0 radical (unpaired) electrons. The van der Waals surface area contributed by atoms with Gasteiger partial charge in [-0.05, 0) is 24.3 Å². The van der Waals surface area contributed by atoms with Crippen LogP contribution in [-0.4, -0.2) is 33.1 Å². The Morgan fingerprint density at radius 3 is 2.25 bits per heavy atom. The Morgan fingerprint density at radius 1 is 0.969 bits per heavy atom. The van der Waals surface area contributed by atoms with Crippen LogP contribution in [0, 0.1) is 0 Å². The molecule has 0 saturated heterocycles. The number of aromatic nitrogens is 2. The lowest BCUT2D eigenvalue weighted by Gasteiger charge is -2.19. The van der Waals surface area contributed by atoms with Gasteiger partial charge in [-0.2, -0.15) is 18.3 Å². The highest BCUT2D eigenvalue weighted by atomic mass is 35.5. The van der Waals surface area contributed by atoms with Crippen LogP contribution in [-0.2, 0) is 17.9 Å². The predicted octanol–water partition coefficient (Wildman–Crippen LogP) is 5.50. The zero-order valence-corrected chi connectivity index (χ0v) is 16.6. The van der Waals surface area contributed by atoms with Gasteiger partial charge in [-0.3, -0.25) is 4.79 Å². The number of amides is 1. The van der Waals surface area contributed by atoms with Crippen LogP contribution in [0.2, 0.25) is 5.02 Å². The van der Waals surface area contributed by atoms with E-state index >= 15 is 0 Å². The van der Waals surface area contributed by atoms with E-state index in [2.05, 4.69) is 9.84 Å². The van der Waals surface area contributed by atoms with Gasteiger partial charge in [0, 0.05) is 16.1 Å². The molecule has 3 aromatic rings. The first-order chi connectivity index (χ1) is 14.9. The summed E-state index contributed by atoms with van der Waals surface area (Å²) in [5, 5.41) is 4.62. The van der Waals surface area contributed by atoms with Crippen molar-refractivity contribution < 1.29 is 35.9 Å². The fourth-order valence-electron chi connectivity index (χ4n) is 3.46. The van der Waals surface area contributed by atoms with Crippen molar-refractivity contribution in [2.24, 2.45) is 0 Å². The summed E-state index contributed by atoms with van der Waals surface area (Å²) in [5.74, 6) is -2.57. The van der Waals surface area contributed by atoms with Gasteiger partial charge < -0.3 is 9.64 Å². The quantitative estimate of drug-likeness (QED) is 0.470. The third-order valence-electron chi connectivity index (χ3n) is 4.72. The van der Waals surface area contributed by atoms with Gasteiger partial charge in [-0.15, -0.1) is 13.2 Å². The van der Waals surface area contributed by atoms with Gasteiger partial charge in [0.1, 0.15) is 5.69 Å². The third kappa shape index (κ3) is 4.24. The lowest BCUT2D eigenvalue weighted by atomic mass is 10.1. The number of halogens is 7. The number of para-hydroxylation sites is 2. The molecule has 12 heteroatoms. The smallest absolute Gasteiger partial charge is 0.403 e. The van der Waals surface area contributed by atoms with Gasteiger partial charge in [0.25, 0.3) is 0 Å². The summed E-state index contributed by atoms with van der Waals surface area (Å²) in [4.78, 5) is 12.3. The Balaban J connectivity index is 1.85. The largest absolute Gasteiger partial charge is 0.573 e. The standard InChI is InChI=1S/C20H12ClF6N3O2/c21-12-7-5-11(6-8-12)17-13-9-29(18(31)19(22,23)24)10-14(13)28-30(17)15-3-1-2-4-16(15)32-20(25,26)27/h1-8H,9-10H2. The van der Waals surface area contributed by atoms with Gasteiger partial charge in [-0.1, -0.05) is 35.9 Å². The molecule has 0 atom stereocenters. The molecule has 168 valence electrons. The topological polar surface area (TPSA) is 47.4 Å². The molecular formula is C20H12ClF6N3O2. The van der Waals surface area contributed by atoms with Crippen molar-refractivity contribution in [1.29, 1.82) is 0 Å². The second-order valence-electron chi connectivity index (χ2n) is 6.87. The van der Waals surface area contributed by atoms with Gasteiger partial charge in [-0.25, -0.2) is 4.68 Å². The molecule has 0 unspecified atom stereocenters. The number of carbonyl (C=O) groups is 1. The molecule has 2 heterocycles. The second-order valence-corrected chi connectivity index (χ2v) is 7.30. The molecule has 32 heavy (non-hydrogen) atoms. The summed E-state index contributed by atoms with van der Waals surface area (Å²) in [5.41, 5.74) is 1.01. The fourth-order valence-corrected chi connectivity index (χ4v) is 3.59. The Morgan fingerprint density at radius 2 is 1.62 bits per heavy atom. The van der Waals surface area contributed by atoms with E-state index in [9.17, 15) is 31.1 Å². The second kappa shape index (κ2) is 7.73. The highest BCUT2D eigenvalue weighted by Crippen LogP contribution is 2.39. The molecule has 1 aromatic heterocycles. The molecule has 4 rings (SSSR count). The molecule has 1 amide bonds. The summed E-state index contributed by atoms with van der Waals surface area (Å²) in [7, 11) is 0. The number of fused-ring (bicyclic) bond motifs is 1. The van der Waals surface area contributed by atoms with E-state index in [4.69, 9.17) is 11.6 Å². The van der Waals surface area contributed by atoms with Gasteiger partial charge in [0.2, 0.25) is 0 Å². The summed E-state index contributed by atoms with van der Waals surface area (Å²) >= 11 is 5.91. The Labute approximate surface area is 181 Å². The maximum absolute atomic E-state index is 12.9. The summed E-state index contributed by atoms with van der Waals surface area (Å²) < 4.78 is 82.7. The molecule has 5 nitrogen and oxygen atoms in total. The van der Waals surface area contributed by atoms with Gasteiger partial charge >= 0.3 is 18.4 Å². The van der Waals surface area contributed by atoms with E-state index in [0.29, 0.717) is 15.5 Å². The van der Waals surface area contributed by atoms with Crippen LogP contribution < -0.4 is 4.74 Å². The van der Waals surface area contributed by atoms with Crippen molar-refractivity contribution in [3.05, 3.63) is 64.8 Å². The van der Waals surface area contributed by atoms with Crippen LogP contribution in [0.3, 0.4) is 0 Å². The zero-order chi connectivity index (χ0) is 23.3. The van der Waals surface area contributed by atoms with Crippen LogP contribution in [0.25, 0.3) is 16.9 Å². The molecule has 0 fully saturated rings. The van der Waals surface area contributed by atoms with Crippen LogP contribution in [0.5, 0.6) is 5.75 Å². The number of nitrogens with zero attached hydrogens (tertiary/aromatic N) is 3. The molecule has 0 saturated carbocycles. The Kier molecular flexibility index (Phi) is 5.32. The first-order valence-corrected chi connectivity index (χ1v) is 9.40. The number of carbonyl (C=O) groups excluding carboxylic acids is 1. The summed E-state index contributed by atoms with van der Waals surface area (Å²) in [6.07, 6.45) is -10.0. The van der Waals surface area contributed by atoms with Crippen molar-refractivity contribution in [3.8, 4) is 22.7 Å². The van der Waals surface area contributed by atoms with E-state index in [0.717, 1.165) is 6.07 Å². The lowest BCUT2D eigenvalue weighted by Crippen LogP contribution is -2.37.